The number of hydrogen-bond acceptors (Lipinski definition) is 4. The smallest absolute Gasteiger partial charge is 0.290 e. The molecule has 2 N–H and O–H groups in total. The standard InChI is InChI=1S/C14H11NOS.CH2O2/c1-9-15-13-8-11(4-7-14(13)17-9)10-2-5-12(16)6-3-10;2-1-3/h2-8,16H,1H3;1H,(H,2,3). The van der Waals surface area contributed by atoms with Gasteiger partial charge in [-0.3, -0.25) is 4.79 Å². The molecule has 0 saturated carbocycles. The molecule has 1 aromatic heterocycles. The highest BCUT2D eigenvalue weighted by Crippen LogP contribution is 2.28. The number of benzene rings is 2. The maximum Gasteiger partial charge on any atom is 0.290 e. The quantitative estimate of drug-likeness (QED) is 0.670. The molecular formula is C15H13NO3S. The molecule has 2 aromatic carbocycles. The second-order valence-electron chi connectivity index (χ2n) is 4.07. The van der Waals surface area contributed by atoms with Gasteiger partial charge >= 0.3 is 0 Å². The van der Waals surface area contributed by atoms with Crippen LogP contribution in [0.2, 0.25) is 0 Å². The molecule has 0 fully saturated rings. The number of thiazole rings is 1. The number of hydrogen-bond donors (Lipinski definition) is 2. The zero-order chi connectivity index (χ0) is 14.5. The van der Waals surface area contributed by atoms with Gasteiger partial charge < -0.3 is 10.2 Å². The van der Waals surface area contributed by atoms with Crippen molar-refractivity contribution in [3.63, 3.8) is 0 Å². The highest BCUT2D eigenvalue weighted by Gasteiger charge is 2.03. The first-order valence-electron chi connectivity index (χ1n) is 5.88. The predicted molar refractivity (Wildman–Crippen MR) is 80.2 cm³/mol. The van der Waals surface area contributed by atoms with E-state index >= 15 is 0 Å². The van der Waals surface area contributed by atoms with Crippen molar-refractivity contribution < 1.29 is 15.0 Å². The highest BCUT2D eigenvalue weighted by molar-refractivity contribution is 7.18. The van der Waals surface area contributed by atoms with Crippen LogP contribution in [0.5, 0.6) is 5.75 Å². The average molecular weight is 287 g/mol. The molecule has 1 heterocycles. The molecule has 0 atom stereocenters. The van der Waals surface area contributed by atoms with Gasteiger partial charge in [-0.2, -0.15) is 0 Å². The van der Waals surface area contributed by atoms with E-state index in [2.05, 4.69) is 23.2 Å². The van der Waals surface area contributed by atoms with Crippen LogP contribution < -0.4 is 0 Å². The van der Waals surface area contributed by atoms with Crippen molar-refractivity contribution in [1.29, 1.82) is 0 Å². The minimum atomic E-state index is -0.250. The Hall–Kier alpha value is -2.40. The first-order valence-corrected chi connectivity index (χ1v) is 6.70. The Morgan fingerprint density at radius 3 is 2.35 bits per heavy atom. The van der Waals surface area contributed by atoms with Crippen molar-refractivity contribution in [1.82, 2.24) is 4.98 Å². The lowest BCUT2D eigenvalue weighted by molar-refractivity contribution is -0.122. The van der Waals surface area contributed by atoms with Crippen molar-refractivity contribution in [3.05, 3.63) is 47.5 Å². The summed E-state index contributed by atoms with van der Waals surface area (Å²) in [6.07, 6.45) is 0. The summed E-state index contributed by atoms with van der Waals surface area (Å²) in [5, 5.41) is 17.2. The summed E-state index contributed by atoms with van der Waals surface area (Å²) in [4.78, 5) is 12.8. The maximum absolute atomic E-state index is 9.27. The predicted octanol–water partition coefficient (Wildman–Crippen LogP) is 3.68. The van der Waals surface area contributed by atoms with Crippen LogP contribution in [0.1, 0.15) is 5.01 Å². The van der Waals surface area contributed by atoms with Gasteiger partial charge in [-0.05, 0) is 42.3 Å². The molecule has 0 aliphatic carbocycles. The summed E-state index contributed by atoms with van der Waals surface area (Å²) >= 11 is 1.71. The first-order chi connectivity index (χ1) is 9.63. The fraction of sp³-hybridized carbons (Fsp3) is 0.0667. The average Bonchev–Trinajstić information content (AvgIpc) is 2.79. The van der Waals surface area contributed by atoms with Crippen LogP contribution in [0.15, 0.2) is 42.5 Å². The van der Waals surface area contributed by atoms with Crippen molar-refractivity contribution in [2.24, 2.45) is 0 Å². The molecule has 0 aliphatic rings. The van der Waals surface area contributed by atoms with E-state index < -0.39 is 0 Å². The summed E-state index contributed by atoms with van der Waals surface area (Å²) in [6, 6.07) is 13.5. The molecule has 20 heavy (non-hydrogen) atoms. The minimum absolute atomic E-state index is 0.250. The van der Waals surface area contributed by atoms with Gasteiger partial charge in [0.15, 0.2) is 0 Å². The van der Waals surface area contributed by atoms with Gasteiger partial charge in [0.05, 0.1) is 15.2 Å². The first kappa shape index (κ1) is 14.0. The highest BCUT2D eigenvalue weighted by atomic mass is 32.1. The largest absolute Gasteiger partial charge is 0.508 e. The molecular weight excluding hydrogens is 274 g/mol. The van der Waals surface area contributed by atoms with Crippen LogP contribution in [0, 0.1) is 6.92 Å². The van der Waals surface area contributed by atoms with Crippen molar-refractivity contribution >= 4 is 28.0 Å². The van der Waals surface area contributed by atoms with Crippen LogP contribution >= 0.6 is 11.3 Å². The minimum Gasteiger partial charge on any atom is -0.508 e. The number of nitrogens with zero attached hydrogens (tertiary/aromatic N) is 1. The molecule has 0 saturated heterocycles. The number of phenolic OH excluding ortho intramolecular Hbond substituents is 1. The summed E-state index contributed by atoms with van der Waals surface area (Å²) in [5.74, 6) is 0.291. The Morgan fingerprint density at radius 2 is 1.70 bits per heavy atom. The summed E-state index contributed by atoms with van der Waals surface area (Å²) in [7, 11) is 0. The van der Waals surface area contributed by atoms with E-state index in [0.29, 0.717) is 5.75 Å². The van der Waals surface area contributed by atoms with Crippen molar-refractivity contribution in [2.75, 3.05) is 0 Å². The molecule has 0 unspecified atom stereocenters. The van der Waals surface area contributed by atoms with Crippen LogP contribution in [0.25, 0.3) is 21.3 Å². The summed E-state index contributed by atoms with van der Waals surface area (Å²) in [6.45, 7) is 1.77. The third kappa shape index (κ3) is 3.13. The maximum atomic E-state index is 9.27. The topological polar surface area (TPSA) is 70.4 Å². The van der Waals surface area contributed by atoms with Crippen molar-refractivity contribution in [3.8, 4) is 16.9 Å². The molecule has 0 radical (unpaired) electrons. The number of aromatic nitrogens is 1. The molecule has 3 rings (SSSR count). The fourth-order valence-corrected chi connectivity index (χ4v) is 2.68. The normalized spacial score (nSPS) is 9.85. The van der Waals surface area contributed by atoms with Gasteiger partial charge in [0.2, 0.25) is 0 Å². The van der Waals surface area contributed by atoms with Crippen LogP contribution in [0.4, 0.5) is 0 Å². The third-order valence-electron chi connectivity index (χ3n) is 2.70. The molecule has 0 spiro atoms. The van der Waals surface area contributed by atoms with Crippen LogP contribution in [-0.4, -0.2) is 21.7 Å². The van der Waals surface area contributed by atoms with Gasteiger partial charge in [-0.1, -0.05) is 18.2 Å². The summed E-state index contributed by atoms with van der Waals surface area (Å²) < 4.78 is 1.21. The van der Waals surface area contributed by atoms with E-state index in [-0.39, 0.29) is 6.47 Å². The molecule has 0 bridgehead atoms. The van der Waals surface area contributed by atoms with E-state index in [0.717, 1.165) is 21.7 Å². The number of aryl methyl sites for hydroxylation is 1. The Balaban J connectivity index is 0.000000452. The summed E-state index contributed by atoms with van der Waals surface area (Å²) in [5.41, 5.74) is 3.26. The molecule has 102 valence electrons. The Bertz CT molecular complexity index is 720. The van der Waals surface area contributed by atoms with Crippen molar-refractivity contribution in [2.45, 2.75) is 6.92 Å². The van der Waals surface area contributed by atoms with Crippen LogP contribution in [-0.2, 0) is 4.79 Å². The van der Waals surface area contributed by atoms with E-state index in [9.17, 15) is 5.11 Å². The monoisotopic (exact) mass is 287 g/mol. The van der Waals surface area contributed by atoms with E-state index in [1.54, 1.807) is 23.5 Å². The number of rotatable bonds is 1. The molecule has 3 aromatic rings. The third-order valence-corrected chi connectivity index (χ3v) is 3.65. The Kier molecular flexibility index (Phi) is 4.32. The Labute approximate surface area is 120 Å². The lowest BCUT2D eigenvalue weighted by atomic mass is 10.1. The Morgan fingerprint density at radius 1 is 1.10 bits per heavy atom. The van der Waals surface area contributed by atoms with Gasteiger partial charge in [-0.15, -0.1) is 11.3 Å². The van der Waals surface area contributed by atoms with Gasteiger partial charge in [0.1, 0.15) is 5.75 Å². The lowest BCUT2D eigenvalue weighted by Gasteiger charge is -2.01. The van der Waals surface area contributed by atoms with Gasteiger partial charge in [0.25, 0.3) is 6.47 Å². The second-order valence-corrected chi connectivity index (χ2v) is 5.30. The van der Waals surface area contributed by atoms with Gasteiger partial charge in [0, 0.05) is 0 Å². The molecule has 4 nitrogen and oxygen atoms in total. The number of fused-ring (bicyclic) bond motifs is 1. The van der Waals surface area contributed by atoms with Crippen LogP contribution in [0.3, 0.4) is 0 Å². The number of carbonyl (C=O) groups is 1. The number of phenols is 1. The van der Waals surface area contributed by atoms with Gasteiger partial charge in [-0.25, -0.2) is 4.98 Å². The fourth-order valence-electron chi connectivity index (χ4n) is 1.88. The van der Waals surface area contributed by atoms with E-state index in [4.69, 9.17) is 9.90 Å². The lowest BCUT2D eigenvalue weighted by Crippen LogP contribution is -1.77. The molecule has 0 aliphatic heterocycles. The molecule has 5 heteroatoms. The SMILES string of the molecule is Cc1nc2cc(-c3ccc(O)cc3)ccc2s1.O=CO. The zero-order valence-electron chi connectivity index (χ0n) is 10.8. The zero-order valence-corrected chi connectivity index (χ0v) is 11.6. The van der Waals surface area contributed by atoms with E-state index in [1.165, 1.54) is 4.70 Å². The second kappa shape index (κ2) is 6.16. The number of aromatic hydroxyl groups is 1. The molecule has 0 amide bonds. The van der Waals surface area contributed by atoms with E-state index in [1.807, 2.05) is 19.1 Å². The number of carboxylic acid groups (broad SMARTS) is 1.